The van der Waals surface area contributed by atoms with E-state index in [9.17, 15) is 104 Å². The van der Waals surface area contributed by atoms with Crippen LogP contribution in [0.3, 0.4) is 0 Å². The van der Waals surface area contributed by atoms with Gasteiger partial charge in [-0.05, 0) is 38.5 Å². The van der Waals surface area contributed by atoms with Gasteiger partial charge in [-0.15, -0.1) is 0 Å². The number of aliphatic carboxylic acids is 1. The van der Waals surface area contributed by atoms with Crippen molar-refractivity contribution in [1.29, 1.82) is 0 Å². The number of Topliss-reactive ketones (excluding diaryl/α,β-unsaturated/α-hetero) is 3. The second-order valence-corrected chi connectivity index (χ2v) is 23.2. The van der Waals surface area contributed by atoms with E-state index in [0.717, 1.165) is 20.8 Å². The first-order valence-electron chi connectivity index (χ1n) is 32.6. The lowest BCUT2D eigenvalue weighted by Crippen LogP contribution is -2.66. The van der Waals surface area contributed by atoms with Crippen molar-refractivity contribution in [3.63, 3.8) is 0 Å². The number of hydrogen-bond donors (Lipinski definition) is 17. The molecule has 3 aliphatic rings. The summed E-state index contributed by atoms with van der Waals surface area (Å²) in [6.07, 6.45) is -16.7. The quantitative estimate of drug-likeness (QED) is 0.0252. The van der Waals surface area contributed by atoms with Gasteiger partial charge in [-0.2, -0.15) is 0 Å². The minimum Gasteiger partial charge on any atom is -0.480 e. The number of carboxylic acid groups (broad SMARTS) is 1. The molecule has 40 heteroatoms. The molecule has 0 saturated carbocycles. The van der Waals surface area contributed by atoms with E-state index in [2.05, 4.69) is 37.2 Å². The van der Waals surface area contributed by atoms with Crippen molar-refractivity contribution >= 4 is 64.7 Å². The van der Waals surface area contributed by atoms with E-state index in [-0.39, 0.29) is 131 Å². The molecule has 17 N–H and O–H groups in total. The summed E-state index contributed by atoms with van der Waals surface area (Å²) in [5.41, 5.74) is 0. The van der Waals surface area contributed by atoms with E-state index >= 15 is 0 Å². The average molecular weight is 1450 g/mol. The smallest absolute Gasteiger partial charge is 0.326 e. The lowest BCUT2D eigenvalue weighted by Gasteiger charge is -2.41. The van der Waals surface area contributed by atoms with Gasteiger partial charge >= 0.3 is 5.97 Å². The van der Waals surface area contributed by atoms with Gasteiger partial charge in [0.05, 0.1) is 117 Å². The molecule has 0 aromatic heterocycles. The maximum Gasteiger partial charge on any atom is 0.326 e. The zero-order chi connectivity index (χ0) is 74.1. The van der Waals surface area contributed by atoms with Crippen LogP contribution in [0.5, 0.6) is 0 Å². The molecule has 40 nitrogen and oxygen atoms in total. The summed E-state index contributed by atoms with van der Waals surface area (Å²) in [6, 6.07) is -6.58. The van der Waals surface area contributed by atoms with Crippen LogP contribution in [0.25, 0.3) is 0 Å². The Morgan fingerprint density at radius 2 is 0.640 bits per heavy atom. The summed E-state index contributed by atoms with van der Waals surface area (Å²) in [6.45, 7) is -1.65. The number of rotatable bonds is 53. The van der Waals surface area contributed by atoms with E-state index in [4.69, 9.17) is 56.8 Å². The molecule has 0 unspecified atom stereocenters. The Morgan fingerprint density at radius 3 is 0.930 bits per heavy atom. The van der Waals surface area contributed by atoms with Gasteiger partial charge in [0.2, 0.25) is 41.4 Å². The number of aliphatic hydroxyl groups is 9. The second-order valence-electron chi connectivity index (χ2n) is 23.2. The number of aliphatic hydroxyl groups excluding tert-OH is 9. The zero-order valence-corrected chi connectivity index (χ0v) is 56.2. The second kappa shape index (κ2) is 49.5. The van der Waals surface area contributed by atoms with Crippen molar-refractivity contribution in [1.82, 2.24) is 37.2 Å². The molecule has 3 rings (SSSR count). The predicted molar refractivity (Wildman–Crippen MR) is 334 cm³/mol. The highest BCUT2D eigenvalue weighted by atomic mass is 16.6. The van der Waals surface area contributed by atoms with E-state index < -0.39 is 214 Å². The standard InChI is InChI=1S/C60H101N7O33/c1-33(71)63-47-53(83)50(80)41(24-68)98-56(47)38(74)27-92-18-12-89-15-21-95-30-44(77)61-10-6-4-8-36(66-46(79)32-97-23-17-91-14-20-94-29-40(76)58-49(65-35(3)73)55(85)52(82)43(26-70)100-58)59(86)67-37(60(87)88)9-5-7-11-62-45(78)31-96-22-16-90-13-19-93-28-39(75)57-48(64-34(2)72)54(84)51(81)42(25-69)99-57/h36-37,41-43,47-58,68-70,80-85H,4-32H2,1-3H3,(H,61,77)(H,62,78)(H,63,71)(H,64,72)(H,65,73)(H,66,79)(H,67,86)(H,87,88)/t36-,37-,41+,42+,43+,47+,48+,49+,50-,51-,52-,53+,54+,55+,56-,57-,58-/m0/s1. The first kappa shape index (κ1) is 88.1. The summed E-state index contributed by atoms with van der Waals surface area (Å²) in [5, 5.41) is 118. The Kier molecular flexibility index (Phi) is 43.7. The Morgan fingerprint density at radius 1 is 0.360 bits per heavy atom. The highest BCUT2D eigenvalue weighted by molar-refractivity contribution is 5.91. The van der Waals surface area contributed by atoms with Gasteiger partial charge in [0, 0.05) is 33.9 Å². The number of unbranched alkanes of at least 4 members (excludes halogenated alkanes) is 2. The van der Waals surface area contributed by atoms with Crippen molar-refractivity contribution in [2.24, 2.45) is 0 Å². The molecular formula is C60H101N7O33. The molecule has 3 saturated heterocycles. The highest BCUT2D eigenvalue weighted by Crippen LogP contribution is 2.25. The van der Waals surface area contributed by atoms with Crippen LogP contribution in [-0.2, 0) is 110 Å². The van der Waals surface area contributed by atoms with Gasteiger partial charge < -0.3 is 145 Å². The van der Waals surface area contributed by atoms with E-state index in [0.29, 0.717) is 12.8 Å². The van der Waals surface area contributed by atoms with Crippen LogP contribution in [0.1, 0.15) is 59.3 Å². The predicted octanol–water partition coefficient (Wildman–Crippen LogP) is -10.6. The van der Waals surface area contributed by atoms with Crippen LogP contribution in [0.4, 0.5) is 0 Å². The lowest BCUT2D eigenvalue weighted by atomic mass is 9.90. The molecule has 0 bridgehead atoms. The first-order valence-corrected chi connectivity index (χ1v) is 32.6. The van der Waals surface area contributed by atoms with Gasteiger partial charge in [0.15, 0.2) is 17.3 Å². The Bertz CT molecular complexity index is 2510. The third-order valence-electron chi connectivity index (χ3n) is 15.3. The molecule has 0 aromatic rings. The van der Waals surface area contributed by atoms with Crippen LogP contribution in [-0.4, -0.2) is 371 Å². The molecule has 7 amide bonds. The Balaban J connectivity index is 1.39. The number of carbonyl (C=O) groups is 11. The Labute approximate surface area is 575 Å². The zero-order valence-electron chi connectivity index (χ0n) is 56.2. The molecule has 3 fully saturated rings. The third-order valence-corrected chi connectivity index (χ3v) is 15.3. The van der Waals surface area contributed by atoms with Crippen molar-refractivity contribution in [3.05, 3.63) is 0 Å². The van der Waals surface area contributed by atoms with Gasteiger partial charge in [-0.3, -0.25) is 47.9 Å². The number of ketones is 3. The highest BCUT2D eigenvalue weighted by Gasteiger charge is 2.50. The summed E-state index contributed by atoms with van der Waals surface area (Å²) in [5.74, 6) is -7.78. The maximum atomic E-state index is 13.6. The number of hydrogen-bond acceptors (Lipinski definition) is 32. The summed E-state index contributed by atoms with van der Waals surface area (Å²) in [4.78, 5) is 137. The molecule has 3 aliphatic heterocycles. The van der Waals surface area contributed by atoms with Crippen LogP contribution in [0.15, 0.2) is 0 Å². The molecule has 100 heavy (non-hydrogen) atoms. The van der Waals surface area contributed by atoms with E-state index in [1.54, 1.807) is 0 Å². The number of nitrogens with one attached hydrogen (secondary N) is 7. The van der Waals surface area contributed by atoms with Gasteiger partial charge in [-0.1, -0.05) is 0 Å². The number of amides is 7. The van der Waals surface area contributed by atoms with Crippen molar-refractivity contribution < 1.29 is 161 Å². The van der Waals surface area contributed by atoms with Gasteiger partial charge in [-0.25, -0.2) is 4.79 Å². The number of carboxylic acids is 1. The molecule has 0 radical (unpaired) electrons. The fraction of sp³-hybridized carbons (Fsp3) is 0.817. The van der Waals surface area contributed by atoms with Crippen LogP contribution in [0, 0.1) is 0 Å². The molecule has 17 atom stereocenters. The van der Waals surface area contributed by atoms with Crippen LogP contribution < -0.4 is 37.2 Å². The molecule has 0 aromatic carbocycles. The third kappa shape index (κ3) is 32.9. The number of carbonyl (C=O) groups excluding carboxylic acids is 10. The van der Waals surface area contributed by atoms with Crippen LogP contribution in [0.2, 0.25) is 0 Å². The largest absolute Gasteiger partial charge is 0.480 e. The molecule has 574 valence electrons. The minimum absolute atomic E-state index is 0.00103. The minimum atomic E-state index is -1.62. The lowest BCUT2D eigenvalue weighted by molar-refractivity contribution is -0.199. The molecule has 0 aliphatic carbocycles. The van der Waals surface area contributed by atoms with Crippen molar-refractivity contribution in [2.45, 2.75) is 163 Å². The number of ether oxygens (including phenoxy) is 12. The monoisotopic (exact) mass is 1450 g/mol. The first-order chi connectivity index (χ1) is 47.8. The average Bonchev–Trinajstić information content (AvgIpc) is 0.814. The van der Waals surface area contributed by atoms with Crippen molar-refractivity contribution in [2.75, 3.05) is 152 Å². The fourth-order valence-electron chi connectivity index (χ4n) is 10.2. The van der Waals surface area contributed by atoms with E-state index in [1.807, 2.05) is 0 Å². The van der Waals surface area contributed by atoms with Gasteiger partial charge in [0.1, 0.15) is 125 Å². The fourth-order valence-corrected chi connectivity index (χ4v) is 10.2. The maximum absolute atomic E-state index is 13.6. The molecule has 3 heterocycles. The van der Waals surface area contributed by atoms with Crippen LogP contribution >= 0.6 is 0 Å². The SMILES string of the molecule is CC(=O)N[C@@H]1[C@@H](O)[C@@H](O)[C@@H](CO)O[C@H]1C(=O)COCCOCCOCC(=O)NCCCC[C@H](NC(=O)[C@H](CCCCNC(=O)COCCOCCOCC(=O)[C@@H]1O[C@H](CO)[C@H](O)[C@H](O)[C@H]1NC(C)=O)NC(=O)COCCOCCOCC(=O)[C@@H]1O[C@H](CO)[C@H](O)[C@H](O)[C@H]1NC(C)=O)C(=O)O. The molecular weight excluding hydrogens is 1350 g/mol. The molecule has 0 spiro atoms. The van der Waals surface area contributed by atoms with E-state index in [1.165, 1.54) is 0 Å². The topological polar surface area (TPSA) is 585 Å². The van der Waals surface area contributed by atoms with Gasteiger partial charge in [0.25, 0.3) is 0 Å². The summed E-state index contributed by atoms with van der Waals surface area (Å²) >= 11 is 0. The summed E-state index contributed by atoms with van der Waals surface area (Å²) < 4.78 is 64.6. The normalized spacial score (nSPS) is 25.7. The Hall–Kier alpha value is -6.07. The summed E-state index contributed by atoms with van der Waals surface area (Å²) in [7, 11) is 0. The van der Waals surface area contributed by atoms with Crippen molar-refractivity contribution in [3.8, 4) is 0 Å².